The summed E-state index contributed by atoms with van der Waals surface area (Å²) in [6.07, 6.45) is 6.91. The number of carbonyl (C=O) groups excluding carboxylic acids is 1. The molecular formula is C31H36N4O7. The van der Waals surface area contributed by atoms with Crippen LogP contribution in [0.15, 0.2) is 59.0 Å². The second-order valence-corrected chi connectivity index (χ2v) is 10.8. The topological polar surface area (TPSA) is 145 Å². The first-order valence-corrected chi connectivity index (χ1v) is 14.3. The van der Waals surface area contributed by atoms with Gasteiger partial charge in [-0.2, -0.15) is 0 Å². The number of benzene rings is 2. The second-order valence-electron chi connectivity index (χ2n) is 10.8. The minimum Gasteiger partial charge on any atom is -0.478 e. The molecule has 2 aromatic carbocycles. The molecule has 11 heteroatoms. The molecule has 42 heavy (non-hydrogen) atoms. The van der Waals surface area contributed by atoms with Crippen molar-refractivity contribution in [3.63, 3.8) is 0 Å². The van der Waals surface area contributed by atoms with E-state index in [-0.39, 0.29) is 11.9 Å². The molecule has 2 bridgehead atoms. The van der Waals surface area contributed by atoms with E-state index in [4.69, 9.17) is 24.4 Å². The van der Waals surface area contributed by atoms with E-state index >= 15 is 0 Å². The van der Waals surface area contributed by atoms with Crippen LogP contribution in [0.25, 0.3) is 22.6 Å². The number of para-hydroxylation sites is 2. The third kappa shape index (κ3) is 6.80. The van der Waals surface area contributed by atoms with Gasteiger partial charge in [0.15, 0.2) is 5.58 Å². The Kier molecular flexibility index (Phi) is 9.19. The van der Waals surface area contributed by atoms with E-state index in [1.807, 2.05) is 36.4 Å². The van der Waals surface area contributed by atoms with Gasteiger partial charge < -0.3 is 34.5 Å². The molecule has 3 aliphatic heterocycles. The molecule has 1 amide bonds. The van der Waals surface area contributed by atoms with Gasteiger partial charge in [0.05, 0.1) is 24.3 Å². The van der Waals surface area contributed by atoms with Crippen molar-refractivity contribution in [2.75, 3.05) is 38.3 Å². The van der Waals surface area contributed by atoms with Gasteiger partial charge in [0.25, 0.3) is 5.91 Å². The number of nitrogens with one attached hydrogen (secondary N) is 1. The largest absolute Gasteiger partial charge is 0.478 e. The molecule has 6 rings (SSSR count). The number of carboxylic acids is 2. The maximum atomic E-state index is 13.4. The highest BCUT2D eigenvalue weighted by atomic mass is 16.5. The molecule has 222 valence electrons. The number of oxazole rings is 1. The Morgan fingerprint density at radius 3 is 2.29 bits per heavy atom. The lowest BCUT2D eigenvalue weighted by Gasteiger charge is -2.47. The summed E-state index contributed by atoms with van der Waals surface area (Å²) in [4.78, 5) is 42.1. The number of ether oxygens (including phenoxy) is 1. The first-order valence-electron chi connectivity index (χ1n) is 14.3. The minimum absolute atomic E-state index is 0.0560. The van der Waals surface area contributed by atoms with Gasteiger partial charge in [0, 0.05) is 49.1 Å². The zero-order valence-corrected chi connectivity index (χ0v) is 23.6. The lowest BCUT2D eigenvalue weighted by Crippen LogP contribution is -2.55. The summed E-state index contributed by atoms with van der Waals surface area (Å²) < 4.78 is 11.7. The fourth-order valence-electron chi connectivity index (χ4n) is 6.12. The van der Waals surface area contributed by atoms with E-state index in [9.17, 15) is 14.4 Å². The van der Waals surface area contributed by atoms with Gasteiger partial charge in [-0.15, -0.1) is 0 Å². The van der Waals surface area contributed by atoms with Crippen LogP contribution in [-0.2, 0) is 14.3 Å². The van der Waals surface area contributed by atoms with Crippen molar-refractivity contribution in [3.8, 4) is 11.5 Å². The van der Waals surface area contributed by atoms with Crippen LogP contribution in [0, 0.1) is 0 Å². The fraction of sp³-hybridized carbons (Fsp3) is 0.419. The molecule has 3 aromatic rings. The summed E-state index contributed by atoms with van der Waals surface area (Å²) in [5.41, 5.74) is 3.87. The number of anilines is 1. The van der Waals surface area contributed by atoms with Crippen molar-refractivity contribution in [1.29, 1.82) is 0 Å². The molecule has 0 spiro atoms. The maximum Gasteiger partial charge on any atom is 0.328 e. The van der Waals surface area contributed by atoms with Crippen molar-refractivity contribution >= 4 is 34.6 Å². The summed E-state index contributed by atoms with van der Waals surface area (Å²) >= 11 is 0. The highest BCUT2D eigenvalue weighted by Crippen LogP contribution is 2.35. The number of aromatic nitrogens is 1. The molecular weight excluding hydrogens is 540 g/mol. The zero-order valence-electron chi connectivity index (χ0n) is 23.6. The summed E-state index contributed by atoms with van der Waals surface area (Å²) in [5, 5.41) is 18.9. The highest BCUT2D eigenvalue weighted by Gasteiger charge is 2.36. The van der Waals surface area contributed by atoms with Gasteiger partial charge in [-0.1, -0.05) is 24.6 Å². The van der Waals surface area contributed by atoms with Crippen LogP contribution < -0.4 is 10.2 Å². The molecule has 0 radical (unpaired) electrons. The number of carbonyl (C=O) groups is 3. The molecule has 11 nitrogen and oxygen atoms in total. The van der Waals surface area contributed by atoms with E-state index < -0.39 is 11.9 Å². The monoisotopic (exact) mass is 576 g/mol. The van der Waals surface area contributed by atoms with Crippen LogP contribution in [-0.4, -0.2) is 89.4 Å². The van der Waals surface area contributed by atoms with Crippen molar-refractivity contribution in [1.82, 2.24) is 15.2 Å². The van der Waals surface area contributed by atoms with Crippen LogP contribution in [0.1, 0.15) is 42.5 Å². The van der Waals surface area contributed by atoms with Crippen LogP contribution in [0.3, 0.4) is 0 Å². The van der Waals surface area contributed by atoms with E-state index in [1.165, 1.54) is 19.3 Å². The Labute approximate surface area is 243 Å². The smallest absolute Gasteiger partial charge is 0.328 e. The number of morpholine rings is 1. The van der Waals surface area contributed by atoms with E-state index in [0.717, 1.165) is 37.2 Å². The van der Waals surface area contributed by atoms with Gasteiger partial charge in [-0.05, 0) is 57.0 Å². The number of aliphatic carboxylic acids is 2. The standard InChI is InChI=1S/C27H32N4O3.C4H4O4/c1-30-19-6-4-7-20(30)17-18(16-19)28-26(32)22-9-5-11-24-25(22)29-27(34-24)21-8-2-3-10-23(21)31-12-14-33-15-13-31;5-3(6)1-2-4(7)8/h2-3,5,8-11,18-20H,4,6-7,12-17H2,1H3,(H,28,32);1-2H,(H,5,6)(H,7,8). The average Bonchev–Trinajstić information content (AvgIpc) is 3.42. The summed E-state index contributed by atoms with van der Waals surface area (Å²) in [5.74, 6) is -2.02. The molecule has 2 unspecified atom stereocenters. The Morgan fingerprint density at radius 1 is 0.952 bits per heavy atom. The Morgan fingerprint density at radius 2 is 1.62 bits per heavy atom. The number of carboxylic acid groups (broad SMARTS) is 2. The predicted molar refractivity (Wildman–Crippen MR) is 157 cm³/mol. The number of piperidine rings is 2. The zero-order chi connectivity index (χ0) is 29.6. The van der Waals surface area contributed by atoms with Gasteiger partial charge in [-0.3, -0.25) is 4.79 Å². The quantitative estimate of drug-likeness (QED) is 0.371. The Bertz CT molecular complexity index is 1430. The third-order valence-electron chi connectivity index (χ3n) is 8.19. The molecule has 3 fully saturated rings. The van der Waals surface area contributed by atoms with E-state index in [2.05, 4.69) is 28.2 Å². The van der Waals surface area contributed by atoms with Gasteiger partial charge in [0.1, 0.15) is 5.52 Å². The van der Waals surface area contributed by atoms with Crippen molar-refractivity contribution < 1.29 is 33.8 Å². The SMILES string of the molecule is CN1C2CCCC1CC(NC(=O)c1cccc3oc(-c4ccccc4N4CCOCC4)nc13)C2.O=C(O)C=CC(=O)O. The van der Waals surface area contributed by atoms with Gasteiger partial charge in [0.2, 0.25) is 5.89 Å². The number of nitrogens with zero attached hydrogens (tertiary/aromatic N) is 3. The molecule has 0 aliphatic carbocycles. The minimum atomic E-state index is -1.26. The molecule has 3 N–H and O–H groups in total. The first-order chi connectivity index (χ1) is 20.3. The molecule has 3 aliphatic rings. The summed E-state index contributed by atoms with van der Waals surface area (Å²) in [6, 6.07) is 15.1. The van der Waals surface area contributed by atoms with Crippen LogP contribution in [0.2, 0.25) is 0 Å². The number of fused-ring (bicyclic) bond motifs is 3. The number of hydrogen-bond donors (Lipinski definition) is 3. The van der Waals surface area contributed by atoms with Gasteiger partial charge >= 0.3 is 11.9 Å². The molecule has 1 aromatic heterocycles. The Balaban J connectivity index is 0.000000390. The van der Waals surface area contributed by atoms with E-state index in [1.54, 1.807) is 0 Å². The lowest BCUT2D eigenvalue weighted by atomic mass is 9.82. The molecule has 0 saturated carbocycles. The predicted octanol–water partition coefficient (Wildman–Crippen LogP) is 3.79. The van der Waals surface area contributed by atoms with Crippen LogP contribution >= 0.6 is 0 Å². The summed E-state index contributed by atoms with van der Waals surface area (Å²) in [7, 11) is 2.24. The molecule has 2 atom stereocenters. The highest BCUT2D eigenvalue weighted by molar-refractivity contribution is 6.05. The fourth-order valence-corrected chi connectivity index (χ4v) is 6.12. The number of hydrogen-bond acceptors (Lipinski definition) is 8. The molecule has 4 heterocycles. The second kappa shape index (κ2) is 13.2. The maximum absolute atomic E-state index is 13.4. The number of rotatable bonds is 6. The number of amides is 1. The van der Waals surface area contributed by atoms with Gasteiger partial charge in [-0.25, -0.2) is 14.6 Å². The van der Waals surface area contributed by atoms with Crippen LogP contribution in [0.4, 0.5) is 5.69 Å². The van der Waals surface area contributed by atoms with Crippen molar-refractivity contribution in [2.45, 2.75) is 50.2 Å². The third-order valence-corrected chi connectivity index (χ3v) is 8.19. The normalized spacial score (nSPS) is 22.4. The molecule has 3 saturated heterocycles. The summed E-state index contributed by atoms with van der Waals surface area (Å²) in [6.45, 7) is 3.10. The van der Waals surface area contributed by atoms with Crippen molar-refractivity contribution in [2.24, 2.45) is 0 Å². The van der Waals surface area contributed by atoms with Crippen molar-refractivity contribution in [3.05, 3.63) is 60.2 Å². The Hall–Kier alpha value is -4.22. The lowest BCUT2D eigenvalue weighted by molar-refractivity contribution is -0.134. The van der Waals surface area contributed by atoms with Crippen LogP contribution in [0.5, 0.6) is 0 Å². The first kappa shape index (κ1) is 29.3. The average molecular weight is 577 g/mol. The van der Waals surface area contributed by atoms with E-state index in [0.29, 0.717) is 60.0 Å².